The van der Waals surface area contributed by atoms with Crippen molar-refractivity contribution < 1.29 is 9.53 Å². The lowest BCUT2D eigenvalue weighted by molar-refractivity contribution is -0.117. The second-order valence-corrected chi connectivity index (χ2v) is 11.1. The number of aromatic nitrogens is 3. The number of amides is 1. The molecule has 2 aromatic heterocycles. The zero-order valence-corrected chi connectivity index (χ0v) is 22.5. The molecule has 4 rings (SSSR count). The first-order valence-corrected chi connectivity index (χ1v) is 13.1. The monoisotopic (exact) mass is 516 g/mol. The second kappa shape index (κ2) is 10.8. The van der Waals surface area contributed by atoms with E-state index in [9.17, 15) is 9.59 Å². The van der Waals surface area contributed by atoms with Crippen LogP contribution in [0.4, 0.5) is 17.2 Å². The number of anilines is 3. The van der Waals surface area contributed by atoms with Crippen LogP contribution in [0.1, 0.15) is 41.0 Å². The molecular weight excluding hydrogens is 480 g/mol. The van der Waals surface area contributed by atoms with Gasteiger partial charge in [0.1, 0.15) is 17.4 Å². The number of carbonyl (C=O) groups is 1. The number of hydrogen-bond donors (Lipinski definition) is 2. The van der Waals surface area contributed by atoms with Gasteiger partial charge in [-0.05, 0) is 41.7 Å². The van der Waals surface area contributed by atoms with Crippen LogP contribution >= 0.6 is 11.6 Å². The van der Waals surface area contributed by atoms with Crippen LogP contribution in [-0.4, -0.2) is 53.0 Å². The highest BCUT2D eigenvalue weighted by Crippen LogP contribution is 2.48. The first-order chi connectivity index (χ1) is 17.1. The number of ether oxygens (including phenoxy) is 1. The van der Waals surface area contributed by atoms with Crippen molar-refractivity contribution in [2.75, 3.05) is 41.8 Å². The van der Waals surface area contributed by atoms with Gasteiger partial charge in [-0.3, -0.25) is 9.59 Å². The summed E-state index contributed by atoms with van der Waals surface area (Å²) in [6.45, 7) is 14.1. The average Bonchev–Trinajstić information content (AvgIpc) is 2.87. The lowest BCUT2D eigenvalue weighted by Gasteiger charge is -2.50. The summed E-state index contributed by atoms with van der Waals surface area (Å²) in [4.78, 5) is 32.0. The zero-order chi connectivity index (χ0) is 26.0. The molecule has 1 saturated heterocycles. The number of halogens is 1. The first-order valence-electron chi connectivity index (χ1n) is 12.7. The molecule has 1 amide bonds. The van der Waals surface area contributed by atoms with E-state index in [0.29, 0.717) is 42.3 Å². The van der Waals surface area contributed by atoms with E-state index in [4.69, 9.17) is 16.3 Å². The molecule has 2 aliphatic rings. The van der Waals surface area contributed by atoms with E-state index >= 15 is 0 Å². The summed E-state index contributed by atoms with van der Waals surface area (Å²) in [5.41, 5.74) is 0.806. The fraction of sp³-hybridized carbons (Fsp3) is 0.615. The fourth-order valence-electron chi connectivity index (χ4n) is 5.22. The quantitative estimate of drug-likeness (QED) is 0.600. The van der Waals surface area contributed by atoms with Crippen LogP contribution in [-0.2, 0) is 16.1 Å². The van der Waals surface area contributed by atoms with E-state index in [1.165, 1.54) is 6.20 Å². The molecule has 0 bridgehead atoms. The van der Waals surface area contributed by atoms with Crippen LogP contribution in [0.3, 0.4) is 0 Å². The van der Waals surface area contributed by atoms with Crippen LogP contribution in [0.15, 0.2) is 29.3 Å². The van der Waals surface area contributed by atoms with E-state index in [1.54, 1.807) is 12.3 Å². The van der Waals surface area contributed by atoms with Crippen LogP contribution < -0.4 is 21.1 Å². The van der Waals surface area contributed by atoms with Gasteiger partial charge in [0.05, 0.1) is 37.0 Å². The second-order valence-electron chi connectivity index (χ2n) is 10.7. The summed E-state index contributed by atoms with van der Waals surface area (Å²) < 4.78 is 6.44. The molecular formula is C26H37ClN6O3. The summed E-state index contributed by atoms with van der Waals surface area (Å²) >= 11 is 6.44. The molecule has 0 unspecified atom stereocenters. The van der Waals surface area contributed by atoms with Gasteiger partial charge in [-0.2, -0.15) is 5.10 Å². The Morgan fingerprint density at radius 1 is 1.19 bits per heavy atom. The van der Waals surface area contributed by atoms with Crippen molar-refractivity contribution in [3.8, 4) is 0 Å². The lowest BCUT2D eigenvalue weighted by atomic mass is 9.58. The Morgan fingerprint density at radius 2 is 1.92 bits per heavy atom. The molecule has 0 radical (unpaired) electrons. The topological polar surface area (TPSA) is 101 Å². The molecule has 10 heteroatoms. The normalized spacial score (nSPS) is 25.9. The summed E-state index contributed by atoms with van der Waals surface area (Å²) in [6.07, 6.45) is 4.13. The van der Waals surface area contributed by atoms with Gasteiger partial charge in [0.2, 0.25) is 5.91 Å². The van der Waals surface area contributed by atoms with Gasteiger partial charge in [0.15, 0.2) is 0 Å². The third kappa shape index (κ3) is 5.52. The van der Waals surface area contributed by atoms with Crippen LogP contribution in [0.2, 0.25) is 5.02 Å². The largest absolute Gasteiger partial charge is 0.379 e. The van der Waals surface area contributed by atoms with Crippen LogP contribution in [0.25, 0.3) is 0 Å². The van der Waals surface area contributed by atoms with Gasteiger partial charge in [-0.25, -0.2) is 9.67 Å². The number of carbonyl (C=O) groups excluding carboxylic acids is 1. The highest BCUT2D eigenvalue weighted by atomic mass is 35.5. The Bertz CT molecular complexity index is 1130. The maximum atomic E-state index is 12.9. The van der Waals surface area contributed by atoms with Crippen molar-refractivity contribution in [1.29, 1.82) is 0 Å². The predicted molar refractivity (Wildman–Crippen MR) is 143 cm³/mol. The highest BCUT2D eigenvalue weighted by Gasteiger charge is 2.43. The van der Waals surface area contributed by atoms with Gasteiger partial charge < -0.3 is 20.3 Å². The highest BCUT2D eigenvalue weighted by molar-refractivity contribution is 6.32. The Kier molecular flexibility index (Phi) is 7.90. The molecule has 1 aliphatic heterocycles. The van der Waals surface area contributed by atoms with Gasteiger partial charge in [-0.1, -0.05) is 46.2 Å². The molecule has 0 spiro atoms. The molecule has 36 heavy (non-hydrogen) atoms. The Labute approximate surface area is 217 Å². The van der Waals surface area contributed by atoms with Crippen LogP contribution in [0, 0.1) is 23.2 Å². The van der Waals surface area contributed by atoms with Gasteiger partial charge >= 0.3 is 0 Å². The van der Waals surface area contributed by atoms with Crippen molar-refractivity contribution in [3.05, 3.63) is 39.9 Å². The standard InChI is InChI=1S/C26H37ClN6O3/c1-16-12-20(17(2)18(3)26(16,4)5)31-21-14-29-33(25(35)24(21)27)15-23(34)30-19-6-7-22(28-13-19)32-8-10-36-11-9-32/h6-7,13-14,16-18,20,31H,8-12,15H2,1-5H3,(H,30,34)/t16-,17+,18+,20+/m0/s1. The minimum absolute atomic E-state index is 0.0478. The van der Waals surface area contributed by atoms with E-state index in [1.807, 2.05) is 6.07 Å². The minimum atomic E-state index is -0.498. The minimum Gasteiger partial charge on any atom is -0.379 e. The van der Waals surface area contributed by atoms with Gasteiger partial charge in [0, 0.05) is 19.1 Å². The fourth-order valence-corrected chi connectivity index (χ4v) is 5.42. The Balaban J connectivity index is 1.38. The molecule has 4 atom stereocenters. The summed E-state index contributed by atoms with van der Waals surface area (Å²) in [5, 5.41) is 10.5. The number of hydrogen-bond acceptors (Lipinski definition) is 7. The number of pyridine rings is 1. The van der Waals surface area contributed by atoms with Crippen molar-refractivity contribution in [3.63, 3.8) is 0 Å². The SMILES string of the molecule is C[C@@H]1[C@@H](C)C(C)(C)[C@@H](C)C[C@H]1Nc1cnn(CC(=O)Nc2ccc(N3CCOCC3)nc2)c(=O)c1Cl. The van der Waals surface area contributed by atoms with E-state index < -0.39 is 5.56 Å². The zero-order valence-electron chi connectivity index (χ0n) is 21.8. The molecule has 3 heterocycles. The number of rotatable bonds is 6. The predicted octanol–water partition coefficient (Wildman–Crippen LogP) is 3.89. The average molecular weight is 517 g/mol. The summed E-state index contributed by atoms with van der Waals surface area (Å²) in [6, 6.07) is 3.84. The molecule has 9 nitrogen and oxygen atoms in total. The summed E-state index contributed by atoms with van der Waals surface area (Å²) in [5.74, 6) is 1.89. The third-order valence-electron chi connectivity index (χ3n) is 8.46. The number of nitrogens with one attached hydrogen (secondary N) is 2. The molecule has 1 saturated carbocycles. The van der Waals surface area contributed by atoms with Crippen molar-refractivity contribution in [2.24, 2.45) is 23.2 Å². The van der Waals surface area contributed by atoms with E-state index in [2.05, 4.69) is 60.2 Å². The smallest absolute Gasteiger partial charge is 0.288 e. The third-order valence-corrected chi connectivity index (χ3v) is 8.83. The lowest BCUT2D eigenvalue weighted by Crippen LogP contribution is -2.48. The van der Waals surface area contributed by atoms with E-state index in [0.717, 1.165) is 30.0 Å². The Morgan fingerprint density at radius 3 is 2.58 bits per heavy atom. The molecule has 196 valence electrons. The number of nitrogens with zero attached hydrogens (tertiary/aromatic N) is 4. The van der Waals surface area contributed by atoms with Crippen molar-refractivity contribution in [1.82, 2.24) is 14.8 Å². The van der Waals surface area contributed by atoms with Crippen molar-refractivity contribution >= 4 is 34.7 Å². The molecule has 2 aromatic rings. The molecule has 2 fully saturated rings. The Hall–Kier alpha value is -2.65. The first kappa shape index (κ1) is 26.4. The molecule has 2 N–H and O–H groups in total. The molecule has 1 aliphatic carbocycles. The van der Waals surface area contributed by atoms with Crippen molar-refractivity contribution in [2.45, 2.75) is 53.6 Å². The van der Waals surface area contributed by atoms with Crippen LogP contribution in [0.5, 0.6) is 0 Å². The number of morpholine rings is 1. The van der Waals surface area contributed by atoms with E-state index in [-0.39, 0.29) is 28.9 Å². The maximum absolute atomic E-state index is 12.9. The maximum Gasteiger partial charge on any atom is 0.288 e. The molecule has 0 aromatic carbocycles. The summed E-state index contributed by atoms with van der Waals surface area (Å²) in [7, 11) is 0. The van der Waals surface area contributed by atoms with Gasteiger partial charge in [-0.15, -0.1) is 0 Å². The van der Waals surface area contributed by atoms with Gasteiger partial charge in [0.25, 0.3) is 5.56 Å².